The van der Waals surface area contributed by atoms with Crippen molar-refractivity contribution in [2.75, 3.05) is 13.2 Å². The molecule has 0 aliphatic carbocycles. The van der Waals surface area contributed by atoms with Crippen LogP contribution in [0.3, 0.4) is 0 Å². The summed E-state index contributed by atoms with van der Waals surface area (Å²) in [5.41, 5.74) is 0. The molecule has 6 nitrogen and oxygen atoms in total. The Hall–Kier alpha value is -1.59. The van der Waals surface area contributed by atoms with Crippen LogP contribution in [0.5, 0.6) is 0 Å². The molecule has 272 valence electrons. The molecule has 0 aliphatic heterocycles. The number of esters is 3. The number of hydrogen-bond acceptors (Lipinski definition) is 6. The molecule has 0 aromatic rings. The minimum absolute atomic E-state index is 0.0680. The maximum Gasteiger partial charge on any atom is 0.306 e. The normalized spacial score (nSPS) is 12.7. The zero-order valence-electron chi connectivity index (χ0n) is 31.2. The Kier molecular flexibility index (Phi) is 32.2. The summed E-state index contributed by atoms with van der Waals surface area (Å²) in [6.45, 7) is 11.2. The third-order valence-corrected chi connectivity index (χ3v) is 9.08. The van der Waals surface area contributed by atoms with E-state index >= 15 is 0 Å². The molecule has 0 fully saturated rings. The predicted octanol–water partition coefficient (Wildman–Crippen LogP) is 11.8. The zero-order valence-corrected chi connectivity index (χ0v) is 31.2. The van der Waals surface area contributed by atoms with Crippen molar-refractivity contribution in [2.24, 2.45) is 11.8 Å². The van der Waals surface area contributed by atoms with Crippen LogP contribution in [0.2, 0.25) is 0 Å². The zero-order chi connectivity index (χ0) is 34.1. The molecule has 0 saturated heterocycles. The number of carbonyl (C=O) groups excluding carboxylic acids is 3. The number of rotatable bonds is 34. The lowest BCUT2D eigenvalue weighted by atomic mass is 9.99. The molecule has 1 unspecified atom stereocenters. The maximum atomic E-state index is 12.5. The van der Waals surface area contributed by atoms with Crippen molar-refractivity contribution in [3.05, 3.63) is 0 Å². The van der Waals surface area contributed by atoms with Gasteiger partial charge in [0.05, 0.1) is 0 Å². The molecule has 0 amide bonds. The third kappa shape index (κ3) is 32.4. The Morgan fingerprint density at radius 2 is 0.826 bits per heavy atom. The first-order valence-electron chi connectivity index (χ1n) is 19.8. The summed E-state index contributed by atoms with van der Waals surface area (Å²) in [5, 5.41) is 0. The highest BCUT2D eigenvalue weighted by molar-refractivity contribution is 5.71. The lowest BCUT2D eigenvalue weighted by molar-refractivity contribution is -0.167. The minimum Gasteiger partial charge on any atom is -0.462 e. The van der Waals surface area contributed by atoms with Crippen molar-refractivity contribution in [1.82, 2.24) is 0 Å². The lowest BCUT2D eigenvalue weighted by Crippen LogP contribution is -2.30. The topological polar surface area (TPSA) is 78.9 Å². The average molecular weight is 653 g/mol. The van der Waals surface area contributed by atoms with E-state index in [9.17, 15) is 14.4 Å². The van der Waals surface area contributed by atoms with Crippen LogP contribution in [0.4, 0.5) is 0 Å². The second-order valence-electron chi connectivity index (χ2n) is 14.3. The van der Waals surface area contributed by atoms with Crippen molar-refractivity contribution >= 4 is 17.9 Å². The van der Waals surface area contributed by atoms with Gasteiger partial charge in [-0.15, -0.1) is 0 Å². The van der Waals surface area contributed by atoms with Crippen LogP contribution in [0.15, 0.2) is 0 Å². The molecular weight excluding hydrogens is 576 g/mol. The molecule has 6 heteroatoms. The molecule has 0 aliphatic rings. The Labute approximate surface area is 285 Å². The quantitative estimate of drug-likeness (QED) is 0.0391. The maximum absolute atomic E-state index is 12.5. The smallest absolute Gasteiger partial charge is 0.306 e. The Morgan fingerprint density at radius 3 is 1.24 bits per heavy atom. The highest BCUT2D eigenvalue weighted by Gasteiger charge is 2.19. The van der Waals surface area contributed by atoms with Crippen molar-refractivity contribution in [3.63, 3.8) is 0 Å². The van der Waals surface area contributed by atoms with Gasteiger partial charge < -0.3 is 14.2 Å². The van der Waals surface area contributed by atoms with Crippen LogP contribution < -0.4 is 0 Å². The second-order valence-corrected chi connectivity index (χ2v) is 14.3. The van der Waals surface area contributed by atoms with Gasteiger partial charge in [0.25, 0.3) is 0 Å². The van der Waals surface area contributed by atoms with Crippen LogP contribution in [-0.4, -0.2) is 37.2 Å². The summed E-state index contributed by atoms with van der Waals surface area (Å²) in [7, 11) is 0. The van der Waals surface area contributed by atoms with Crippen LogP contribution in [0.25, 0.3) is 0 Å². The molecule has 46 heavy (non-hydrogen) atoms. The first-order chi connectivity index (χ1) is 22.3. The molecule has 2 atom stereocenters. The first kappa shape index (κ1) is 44.4. The fourth-order valence-electron chi connectivity index (χ4n) is 5.66. The molecule has 0 N–H and O–H groups in total. The number of ether oxygens (including phenoxy) is 3. The minimum atomic E-state index is -0.757. The molecule has 0 aromatic heterocycles. The van der Waals surface area contributed by atoms with Crippen molar-refractivity contribution in [3.8, 4) is 0 Å². The SMILES string of the molecule is CCCCCCCC(=O)O[C@H](COC(=O)CCCCCCCCCCC(C)C)COC(=O)CCCCCCCCCCC(C)CC. The average Bonchev–Trinajstić information content (AvgIpc) is 3.03. The van der Waals surface area contributed by atoms with E-state index in [0.29, 0.717) is 19.3 Å². The van der Waals surface area contributed by atoms with Crippen LogP contribution in [-0.2, 0) is 28.6 Å². The van der Waals surface area contributed by atoms with Gasteiger partial charge in [-0.2, -0.15) is 0 Å². The number of unbranched alkanes of at least 4 members (excludes halogenated alkanes) is 18. The fraction of sp³-hybridized carbons (Fsp3) is 0.925. The summed E-state index contributed by atoms with van der Waals surface area (Å²) < 4.78 is 16.5. The molecule has 0 spiro atoms. The van der Waals surface area contributed by atoms with Crippen molar-refractivity contribution in [1.29, 1.82) is 0 Å². The van der Waals surface area contributed by atoms with E-state index in [-0.39, 0.29) is 31.1 Å². The van der Waals surface area contributed by atoms with E-state index in [1.807, 2.05) is 0 Å². The lowest BCUT2D eigenvalue weighted by Gasteiger charge is -2.18. The van der Waals surface area contributed by atoms with E-state index < -0.39 is 6.10 Å². The van der Waals surface area contributed by atoms with E-state index in [4.69, 9.17) is 14.2 Å². The van der Waals surface area contributed by atoms with E-state index in [1.54, 1.807) is 0 Å². The molecule has 0 radical (unpaired) electrons. The van der Waals surface area contributed by atoms with E-state index in [0.717, 1.165) is 76.0 Å². The summed E-state index contributed by atoms with van der Waals surface area (Å²) in [4.78, 5) is 37.2. The number of carbonyl (C=O) groups is 3. The fourth-order valence-corrected chi connectivity index (χ4v) is 5.66. The molecule has 0 bridgehead atoms. The van der Waals surface area contributed by atoms with Crippen LogP contribution in [0.1, 0.15) is 208 Å². The van der Waals surface area contributed by atoms with Gasteiger partial charge >= 0.3 is 17.9 Å². The van der Waals surface area contributed by atoms with Gasteiger partial charge in [-0.25, -0.2) is 0 Å². The highest BCUT2D eigenvalue weighted by atomic mass is 16.6. The summed E-state index contributed by atoms with van der Waals surface area (Å²) in [6.07, 6.45) is 28.3. The highest BCUT2D eigenvalue weighted by Crippen LogP contribution is 2.16. The standard InChI is InChI=1S/C40H76O6/c1-6-8-9-18-27-32-40(43)46-37(33-44-38(41)30-25-21-16-12-10-14-19-23-28-35(3)4)34-45-39(42)31-26-22-17-13-11-15-20-24-29-36(5)7-2/h35-37H,6-34H2,1-5H3/t36?,37-/m1/s1. The molecule has 0 rings (SSSR count). The van der Waals surface area contributed by atoms with E-state index in [1.165, 1.54) is 89.9 Å². The van der Waals surface area contributed by atoms with Gasteiger partial charge in [0.2, 0.25) is 0 Å². The summed E-state index contributed by atoms with van der Waals surface area (Å²) >= 11 is 0. The Bertz CT molecular complexity index is 706. The number of hydrogen-bond donors (Lipinski definition) is 0. The third-order valence-electron chi connectivity index (χ3n) is 9.08. The van der Waals surface area contributed by atoms with Gasteiger partial charge in [-0.05, 0) is 31.1 Å². The van der Waals surface area contributed by atoms with Gasteiger partial charge in [0.1, 0.15) is 13.2 Å². The van der Waals surface area contributed by atoms with Crippen molar-refractivity contribution < 1.29 is 28.6 Å². The van der Waals surface area contributed by atoms with Crippen LogP contribution >= 0.6 is 0 Å². The van der Waals surface area contributed by atoms with Crippen molar-refractivity contribution in [2.45, 2.75) is 214 Å². The monoisotopic (exact) mass is 653 g/mol. The Balaban J connectivity index is 4.24. The molecular formula is C40H76O6. The second kappa shape index (κ2) is 33.3. The van der Waals surface area contributed by atoms with Gasteiger partial charge in [-0.1, -0.05) is 169 Å². The Morgan fingerprint density at radius 1 is 0.457 bits per heavy atom. The van der Waals surface area contributed by atoms with Crippen LogP contribution in [0, 0.1) is 11.8 Å². The van der Waals surface area contributed by atoms with E-state index in [2.05, 4.69) is 34.6 Å². The predicted molar refractivity (Wildman–Crippen MR) is 192 cm³/mol. The first-order valence-corrected chi connectivity index (χ1v) is 19.8. The molecule has 0 heterocycles. The summed E-state index contributed by atoms with van der Waals surface area (Å²) in [5.74, 6) is 0.762. The van der Waals surface area contributed by atoms with Gasteiger partial charge in [0, 0.05) is 19.3 Å². The largest absolute Gasteiger partial charge is 0.462 e. The molecule has 0 saturated carbocycles. The summed E-state index contributed by atoms with van der Waals surface area (Å²) in [6, 6.07) is 0. The molecule has 0 aromatic carbocycles. The van der Waals surface area contributed by atoms with Gasteiger partial charge in [-0.3, -0.25) is 14.4 Å². The van der Waals surface area contributed by atoms with Gasteiger partial charge in [0.15, 0.2) is 6.10 Å².